The molecule has 4 aromatic carbocycles. The second-order valence-corrected chi connectivity index (χ2v) is 9.01. The number of rotatable bonds is 4. The summed E-state index contributed by atoms with van der Waals surface area (Å²) in [6.45, 7) is 0.202. The number of methoxy groups -OCH3 is 2. The van der Waals surface area contributed by atoms with E-state index in [4.69, 9.17) is 9.47 Å². The van der Waals surface area contributed by atoms with Gasteiger partial charge in [0.15, 0.2) is 0 Å². The van der Waals surface area contributed by atoms with Crippen molar-refractivity contribution in [3.8, 4) is 11.5 Å². The van der Waals surface area contributed by atoms with E-state index in [1.54, 1.807) is 14.2 Å². The number of hydrogen-bond acceptors (Lipinski definition) is 4. The van der Waals surface area contributed by atoms with Crippen molar-refractivity contribution in [1.29, 1.82) is 0 Å². The van der Waals surface area contributed by atoms with Crippen molar-refractivity contribution in [2.24, 2.45) is 0 Å². The van der Waals surface area contributed by atoms with Crippen LogP contribution in [0.15, 0.2) is 66.7 Å². The molecular weight excluding hydrogens is 454 g/mol. The van der Waals surface area contributed by atoms with Gasteiger partial charge in [-0.2, -0.15) is 0 Å². The van der Waals surface area contributed by atoms with Gasteiger partial charge in [-0.3, -0.25) is 14.5 Å². The maximum atomic E-state index is 14.0. The van der Waals surface area contributed by atoms with E-state index in [9.17, 15) is 9.59 Å². The number of aromatic nitrogens is 2. The third-order valence-electron chi connectivity index (χ3n) is 7.11. The maximum absolute atomic E-state index is 14.0. The molecule has 7 nitrogen and oxygen atoms in total. The van der Waals surface area contributed by atoms with Crippen LogP contribution in [0, 0.1) is 0 Å². The molecule has 176 valence electrons. The molecule has 1 aliphatic rings. The average Bonchev–Trinajstić information content (AvgIpc) is 3.55. The fraction of sp³-hybridized carbons (Fsp3) is 0.103. The zero-order valence-corrected chi connectivity index (χ0v) is 19.6. The number of ether oxygens (including phenoxy) is 2. The molecule has 0 unspecified atom stereocenters. The molecule has 2 amide bonds. The van der Waals surface area contributed by atoms with Gasteiger partial charge in [0.05, 0.1) is 42.9 Å². The Hall–Kier alpha value is -4.78. The highest BCUT2D eigenvalue weighted by Crippen LogP contribution is 2.45. The summed E-state index contributed by atoms with van der Waals surface area (Å²) in [5.74, 6) is 0.756. The van der Waals surface area contributed by atoms with Gasteiger partial charge in [0, 0.05) is 32.6 Å². The van der Waals surface area contributed by atoms with Crippen LogP contribution in [-0.4, -0.2) is 40.9 Å². The standard InChI is InChI=1S/C29H21N3O4/c1-35-16-8-10-20-18(12-16)22-24-25(29(34)32(28(24)33)14-15-6-4-3-5-7-15)23-19-13-17(36-2)9-11-21(19)31-27(23)26(22)30-20/h3-13,30-31H,14H2,1-2H3. The number of nitrogens with zero attached hydrogens (tertiary/aromatic N) is 1. The van der Waals surface area contributed by atoms with Crippen molar-refractivity contribution >= 4 is 55.4 Å². The van der Waals surface area contributed by atoms with Gasteiger partial charge in [-0.1, -0.05) is 30.3 Å². The quantitative estimate of drug-likeness (QED) is 0.317. The zero-order chi connectivity index (χ0) is 24.6. The largest absolute Gasteiger partial charge is 0.497 e. The van der Waals surface area contributed by atoms with E-state index in [0.717, 1.165) is 49.2 Å². The number of carbonyl (C=O) groups is 2. The Labute approximate surface area is 205 Å². The minimum absolute atomic E-state index is 0.202. The van der Waals surface area contributed by atoms with E-state index in [1.807, 2.05) is 66.7 Å². The predicted molar refractivity (Wildman–Crippen MR) is 139 cm³/mol. The second kappa shape index (κ2) is 7.36. The number of amides is 2. The Bertz CT molecular complexity index is 1760. The lowest BCUT2D eigenvalue weighted by molar-refractivity contribution is 0.0643. The van der Waals surface area contributed by atoms with Crippen LogP contribution < -0.4 is 9.47 Å². The summed E-state index contributed by atoms with van der Waals surface area (Å²) in [5.41, 5.74) is 5.01. The van der Waals surface area contributed by atoms with Gasteiger partial charge >= 0.3 is 0 Å². The first kappa shape index (κ1) is 20.6. The Kier molecular flexibility index (Phi) is 4.21. The van der Waals surface area contributed by atoms with Gasteiger partial charge in [0.2, 0.25) is 0 Å². The summed E-state index contributed by atoms with van der Waals surface area (Å²) in [4.78, 5) is 36.3. The average molecular weight is 476 g/mol. The minimum atomic E-state index is -0.299. The van der Waals surface area contributed by atoms with Gasteiger partial charge in [-0.15, -0.1) is 0 Å². The fourth-order valence-electron chi connectivity index (χ4n) is 5.44. The first-order valence-electron chi connectivity index (χ1n) is 11.6. The van der Waals surface area contributed by atoms with Gasteiger partial charge < -0.3 is 19.4 Å². The molecule has 0 spiro atoms. The highest BCUT2D eigenvalue weighted by molar-refractivity contribution is 6.39. The predicted octanol–water partition coefficient (Wildman–Crippen LogP) is 5.77. The molecular formula is C29H21N3O4. The molecule has 0 atom stereocenters. The van der Waals surface area contributed by atoms with Crippen molar-refractivity contribution in [3.63, 3.8) is 0 Å². The number of nitrogens with one attached hydrogen (secondary N) is 2. The van der Waals surface area contributed by atoms with Crippen LogP contribution >= 0.6 is 0 Å². The summed E-state index contributed by atoms with van der Waals surface area (Å²) in [6, 6.07) is 21.0. The molecule has 36 heavy (non-hydrogen) atoms. The van der Waals surface area contributed by atoms with Crippen molar-refractivity contribution in [2.45, 2.75) is 6.54 Å². The van der Waals surface area contributed by atoms with Gasteiger partial charge in [-0.05, 0) is 42.0 Å². The number of benzene rings is 4. The number of aromatic amines is 2. The molecule has 1 aliphatic heterocycles. The Morgan fingerprint density at radius 1 is 0.694 bits per heavy atom. The smallest absolute Gasteiger partial charge is 0.262 e. The lowest BCUT2D eigenvalue weighted by Gasteiger charge is -2.13. The molecule has 3 heterocycles. The molecule has 0 fully saturated rings. The van der Waals surface area contributed by atoms with Crippen molar-refractivity contribution in [1.82, 2.24) is 14.9 Å². The number of imide groups is 1. The summed E-state index contributed by atoms with van der Waals surface area (Å²) in [5, 5.41) is 3.11. The van der Waals surface area contributed by atoms with E-state index in [-0.39, 0.29) is 18.4 Å². The van der Waals surface area contributed by atoms with Crippen LogP contribution in [0.1, 0.15) is 26.3 Å². The number of H-pyrrole nitrogens is 2. The van der Waals surface area contributed by atoms with Crippen LogP contribution in [0.2, 0.25) is 0 Å². The molecule has 2 aromatic heterocycles. The lowest BCUT2D eigenvalue weighted by atomic mass is 9.96. The van der Waals surface area contributed by atoms with E-state index in [2.05, 4.69) is 9.97 Å². The first-order chi connectivity index (χ1) is 17.6. The fourth-order valence-corrected chi connectivity index (χ4v) is 5.44. The van der Waals surface area contributed by atoms with Crippen molar-refractivity contribution < 1.29 is 19.1 Å². The highest BCUT2D eigenvalue weighted by atomic mass is 16.5. The molecule has 0 radical (unpaired) electrons. The zero-order valence-electron chi connectivity index (χ0n) is 19.6. The van der Waals surface area contributed by atoms with E-state index < -0.39 is 0 Å². The molecule has 2 N–H and O–H groups in total. The summed E-state index contributed by atoms with van der Waals surface area (Å²) >= 11 is 0. The lowest BCUT2D eigenvalue weighted by Crippen LogP contribution is -2.29. The molecule has 6 aromatic rings. The third kappa shape index (κ3) is 2.68. The molecule has 7 heteroatoms. The Morgan fingerprint density at radius 3 is 1.67 bits per heavy atom. The van der Waals surface area contributed by atoms with E-state index in [1.165, 1.54) is 4.90 Å². The molecule has 0 saturated carbocycles. The molecule has 0 bridgehead atoms. The van der Waals surface area contributed by atoms with E-state index >= 15 is 0 Å². The normalized spacial score (nSPS) is 13.4. The molecule has 0 aliphatic carbocycles. The topological polar surface area (TPSA) is 87.4 Å². The van der Waals surface area contributed by atoms with E-state index in [0.29, 0.717) is 22.6 Å². The summed E-state index contributed by atoms with van der Waals surface area (Å²) < 4.78 is 10.9. The minimum Gasteiger partial charge on any atom is -0.497 e. The van der Waals surface area contributed by atoms with Crippen LogP contribution in [0.25, 0.3) is 43.6 Å². The van der Waals surface area contributed by atoms with Crippen molar-refractivity contribution in [3.05, 3.63) is 83.4 Å². The number of fused-ring (bicyclic) bond motifs is 10. The van der Waals surface area contributed by atoms with Crippen LogP contribution in [0.5, 0.6) is 11.5 Å². The van der Waals surface area contributed by atoms with Gasteiger partial charge in [-0.25, -0.2) is 0 Å². The van der Waals surface area contributed by atoms with Gasteiger partial charge in [0.1, 0.15) is 11.5 Å². The monoisotopic (exact) mass is 475 g/mol. The Morgan fingerprint density at radius 2 is 1.19 bits per heavy atom. The van der Waals surface area contributed by atoms with Crippen LogP contribution in [0.4, 0.5) is 0 Å². The van der Waals surface area contributed by atoms with Gasteiger partial charge in [0.25, 0.3) is 11.8 Å². The third-order valence-corrected chi connectivity index (χ3v) is 7.11. The summed E-state index contributed by atoms with van der Waals surface area (Å²) in [7, 11) is 3.22. The van der Waals surface area contributed by atoms with Crippen molar-refractivity contribution in [2.75, 3.05) is 14.2 Å². The Balaban J connectivity index is 1.62. The SMILES string of the molecule is COc1ccc2[nH]c3c4[nH]c5ccc(OC)cc5c4c4c(c3c2c1)C(=O)N(Cc1ccccc1)C4=O. The molecule has 7 rings (SSSR count). The first-order valence-corrected chi connectivity index (χ1v) is 11.6. The number of hydrogen-bond donors (Lipinski definition) is 2. The number of carbonyl (C=O) groups excluding carboxylic acids is 2. The van der Waals surface area contributed by atoms with Crippen LogP contribution in [0.3, 0.4) is 0 Å². The summed E-state index contributed by atoms with van der Waals surface area (Å²) in [6.07, 6.45) is 0. The van der Waals surface area contributed by atoms with Crippen LogP contribution in [-0.2, 0) is 6.54 Å². The maximum Gasteiger partial charge on any atom is 0.262 e. The molecule has 0 saturated heterocycles. The highest BCUT2D eigenvalue weighted by Gasteiger charge is 2.41. The second-order valence-electron chi connectivity index (χ2n) is 9.01.